The van der Waals surface area contributed by atoms with Gasteiger partial charge >= 0.3 is 0 Å². The molecule has 0 saturated heterocycles. The third-order valence-corrected chi connectivity index (χ3v) is 3.12. The molecular formula is C14H12FN5O. The van der Waals surface area contributed by atoms with Gasteiger partial charge in [0, 0.05) is 12.4 Å². The van der Waals surface area contributed by atoms with E-state index >= 15 is 0 Å². The number of benzene rings is 1. The van der Waals surface area contributed by atoms with Crippen LogP contribution in [0.2, 0.25) is 0 Å². The monoisotopic (exact) mass is 285 g/mol. The van der Waals surface area contributed by atoms with Gasteiger partial charge in [-0.05, 0) is 24.1 Å². The van der Waals surface area contributed by atoms with Crippen LogP contribution in [0, 0.1) is 5.82 Å². The number of aryl methyl sites for hydroxylation is 1. The van der Waals surface area contributed by atoms with E-state index in [1.807, 2.05) is 6.92 Å². The van der Waals surface area contributed by atoms with Gasteiger partial charge in [-0.1, -0.05) is 19.1 Å². The van der Waals surface area contributed by atoms with Gasteiger partial charge in [-0.3, -0.25) is 14.5 Å². The molecule has 0 unspecified atom stereocenters. The summed E-state index contributed by atoms with van der Waals surface area (Å²) in [5.41, 5.74) is 0.477. The number of anilines is 1. The average molecular weight is 285 g/mol. The van der Waals surface area contributed by atoms with Crippen LogP contribution in [0.25, 0.3) is 5.78 Å². The molecule has 21 heavy (non-hydrogen) atoms. The highest BCUT2D eigenvalue weighted by Crippen LogP contribution is 2.15. The summed E-state index contributed by atoms with van der Waals surface area (Å²) in [7, 11) is 0. The Kier molecular flexibility index (Phi) is 3.31. The number of hydrogen-bond acceptors (Lipinski definition) is 4. The van der Waals surface area contributed by atoms with Crippen LogP contribution in [0.15, 0.2) is 36.7 Å². The summed E-state index contributed by atoms with van der Waals surface area (Å²) in [6, 6.07) is 6.43. The quantitative estimate of drug-likeness (QED) is 0.799. The third kappa shape index (κ3) is 2.33. The molecule has 0 spiro atoms. The molecule has 0 saturated carbocycles. The molecule has 3 aromatic rings. The molecule has 2 heterocycles. The van der Waals surface area contributed by atoms with Crippen LogP contribution in [-0.2, 0) is 6.42 Å². The molecule has 0 radical (unpaired) electrons. The van der Waals surface area contributed by atoms with Crippen molar-refractivity contribution in [1.82, 2.24) is 19.6 Å². The van der Waals surface area contributed by atoms with Gasteiger partial charge in [0.05, 0.1) is 5.56 Å². The van der Waals surface area contributed by atoms with Crippen molar-refractivity contribution in [2.75, 3.05) is 5.32 Å². The van der Waals surface area contributed by atoms with E-state index in [0.717, 1.165) is 0 Å². The zero-order valence-electron chi connectivity index (χ0n) is 11.2. The van der Waals surface area contributed by atoms with Crippen molar-refractivity contribution in [1.29, 1.82) is 0 Å². The van der Waals surface area contributed by atoms with Gasteiger partial charge in [-0.15, -0.1) is 10.2 Å². The summed E-state index contributed by atoms with van der Waals surface area (Å²) < 4.78 is 15.7. The number of amides is 1. The molecule has 2 aromatic heterocycles. The Balaban J connectivity index is 1.93. The average Bonchev–Trinajstić information content (AvgIpc) is 2.91. The Morgan fingerprint density at radius 2 is 2.19 bits per heavy atom. The van der Waals surface area contributed by atoms with Crippen LogP contribution < -0.4 is 5.32 Å². The number of nitrogens with one attached hydrogen (secondary N) is 1. The van der Waals surface area contributed by atoms with Gasteiger partial charge < -0.3 is 0 Å². The molecule has 0 bridgehead atoms. The Bertz CT molecular complexity index is 814. The molecule has 0 aliphatic rings. The highest BCUT2D eigenvalue weighted by molar-refractivity contribution is 6.03. The third-order valence-electron chi connectivity index (χ3n) is 3.12. The van der Waals surface area contributed by atoms with Gasteiger partial charge in [0.25, 0.3) is 11.7 Å². The van der Waals surface area contributed by atoms with Crippen molar-refractivity contribution < 1.29 is 9.18 Å². The first-order valence-corrected chi connectivity index (χ1v) is 6.45. The van der Waals surface area contributed by atoms with E-state index in [1.54, 1.807) is 30.6 Å². The van der Waals surface area contributed by atoms with E-state index in [9.17, 15) is 9.18 Å². The molecule has 1 amide bonds. The first kappa shape index (κ1) is 13.2. The molecule has 6 nitrogen and oxygen atoms in total. The topological polar surface area (TPSA) is 72.2 Å². The normalized spacial score (nSPS) is 10.8. The number of aromatic nitrogens is 4. The fourth-order valence-electron chi connectivity index (χ4n) is 2.03. The van der Waals surface area contributed by atoms with Crippen molar-refractivity contribution in [2.24, 2.45) is 0 Å². The predicted octanol–water partition coefficient (Wildman–Crippen LogP) is 2.08. The molecule has 0 fully saturated rings. The van der Waals surface area contributed by atoms with E-state index in [4.69, 9.17) is 0 Å². The van der Waals surface area contributed by atoms with E-state index in [2.05, 4.69) is 20.5 Å². The Labute approximate surface area is 119 Å². The molecule has 7 heteroatoms. The lowest BCUT2D eigenvalue weighted by atomic mass is 10.1. The summed E-state index contributed by atoms with van der Waals surface area (Å²) in [4.78, 5) is 16.2. The predicted molar refractivity (Wildman–Crippen MR) is 74.5 cm³/mol. The minimum atomic E-state index is -0.569. The Morgan fingerprint density at radius 3 is 3.00 bits per heavy atom. The molecule has 0 aliphatic heterocycles. The Hall–Kier alpha value is -2.83. The van der Waals surface area contributed by atoms with Gasteiger partial charge in [0.1, 0.15) is 5.82 Å². The second-order valence-corrected chi connectivity index (χ2v) is 4.40. The number of fused-ring (bicyclic) bond motifs is 1. The molecule has 1 aromatic carbocycles. The van der Waals surface area contributed by atoms with Gasteiger partial charge in [0.2, 0.25) is 5.95 Å². The van der Waals surface area contributed by atoms with Gasteiger partial charge in [0.15, 0.2) is 0 Å². The highest BCUT2D eigenvalue weighted by atomic mass is 19.1. The SMILES string of the molecule is CCc1cccc(C(=O)Nc2nnc3ncccn23)c1F. The maximum atomic E-state index is 14.1. The molecular weight excluding hydrogens is 273 g/mol. The zero-order valence-corrected chi connectivity index (χ0v) is 11.2. The number of rotatable bonds is 3. The van der Waals surface area contributed by atoms with E-state index in [-0.39, 0.29) is 11.5 Å². The fraction of sp³-hybridized carbons (Fsp3) is 0.143. The van der Waals surface area contributed by atoms with Crippen LogP contribution in [0.5, 0.6) is 0 Å². The van der Waals surface area contributed by atoms with Gasteiger partial charge in [-0.25, -0.2) is 9.37 Å². The molecule has 1 N–H and O–H groups in total. The lowest BCUT2D eigenvalue weighted by Crippen LogP contribution is -2.16. The Morgan fingerprint density at radius 1 is 1.33 bits per heavy atom. The van der Waals surface area contributed by atoms with Crippen LogP contribution >= 0.6 is 0 Å². The van der Waals surface area contributed by atoms with Crippen molar-refractivity contribution in [3.8, 4) is 0 Å². The fourth-order valence-corrected chi connectivity index (χ4v) is 2.03. The van der Waals surface area contributed by atoms with Gasteiger partial charge in [-0.2, -0.15) is 0 Å². The maximum absolute atomic E-state index is 14.1. The smallest absolute Gasteiger partial charge is 0.261 e. The van der Waals surface area contributed by atoms with E-state index < -0.39 is 11.7 Å². The second-order valence-electron chi connectivity index (χ2n) is 4.40. The molecule has 3 rings (SSSR count). The molecule has 0 aliphatic carbocycles. The van der Waals surface area contributed by atoms with E-state index in [1.165, 1.54) is 10.5 Å². The van der Waals surface area contributed by atoms with Crippen molar-refractivity contribution in [2.45, 2.75) is 13.3 Å². The largest absolute Gasteiger partial charge is 0.290 e. The minimum Gasteiger partial charge on any atom is -0.290 e. The maximum Gasteiger partial charge on any atom is 0.261 e. The lowest BCUT2D eigenvalue weighted by molar-refractivity contribution is 0.102. The van der Waals surface area contributed by atoms with Crippen molar-refractivity contribution >= 4 is 17.6 Å². The first-order chi connectivity index (χ1) is 10.2. The highest BCUT2D eigenvalue weighted by Gasteiger charge is 2.16. The van der Waals surface area contributed by atoms with Crippen LogP contribution in [0.3, 0.4) is 0 Å². The first-order valence-electron chi connectivity index (χ1n) is 6.45. The zero-order chi connectivity index (χ0) is 14.8. The lowest BCUT2D eigenvalue weighted by Gasteiger charge is -2.07. The van der Waals surface area contributed by atoms with Crippen molar-refractivity contribution in [3.63, 3.8) is 0 Å². The van der Waals surface area contributed by atoms with Crippen LogP contribution in [0.4, 0.5) is 10.3 Å². The summed E-state index contributed by atoms with van der Waals surface area (Å²) in [5.74, 6) is -0.523. The molecule has 0 atom stereocenters. The number of hydrogen-bond donors (Lipinski definition) is 1. The standard InChI is InChI=1S/C14H12FN5O/c1-2-9-5-3-6-10(11(9)15)12(21)17-14-19-18-13-16-7-4-8-20(13)14/h3-8H,2H2,1H3,(H,17,19,21). The van der Waals surface area contributed by atoms with Crippen LogP contribution in [-0.4, -0.2) is 25.5 Å². The number of nitrogens with zero attached hydrogens (tertiary/aromatic N) is 4. The minimum absolute atomic E-state index is 0.0185. The number of carbonyl (C=O) groups is 1. The molecule has 106 valence electrons. The summed E-state index contributed by atoms with van der Waals surface area (Å²) >= 11 is 0. The van der Waals surface area contributed by atoms with Crippen molar-refractivity contribution in [3.05, 3.63) is 53.6 Å². The summed E-state index contributed by atoms with van der Waals surface area (Å²) in [6.45, 7) is 1.83. The second kappa shape index (κ2) is 5.28. The van der Waals surface area contributed by atoms with Crippen LogP contribution in [0.1, 0.15) is 22.8 Å². The number of carbonyl (C=O) groups excluding carboxylic acids is 1. The van der Waals surface area contributed by atoms with E-state index in [0.29, 0.717) is 17.8 Å². The summed E-state index contributed by atoms with van der Waals surface area (Å²) in [6.07, 6.45) is 3.75. The summed E-state index contributed by atoms with van der Waals surface area (Å²) in [5, 5.41) is 10.2. The number of halogens is 1.